The Balaban J connectivity index is 2.08. The highest BCUT2D eigenvalue weighted by atomic mass is 32.2. The number of benzene rings is 2. The van der Waals surface area contributed by atoms with Gasteiger partial charge in [0.2, 0.25) is 0 Å². The van der Waals surface area contributed by atoms with E-state index in [1.54, 1.807) is 42.5 Å². The van der Waals surface area contributed by atoms with E-state index in [2.05, 4.69) is 0 Å². The van der Waals surface area contributed by atoms with E-state index < -0.39 is 15.9 Å². The van der Waals surface area contributed by atoms with Gasteiger partial charge in [0.05, 0.1) is 15.5 Å². The van der Waals surface area contributed by atoms with Crippen molar-refractivity contribution < 1.29 is 13.2 Å². The van der Waals surface area contributed by atoms with Crippen LogP contribution in [0.15, 0.2) is 53.4 Å². The van der Waals surface area contributed by atoms with Crippen molar-refractivity contribution in [3.8, 4) is 0 Å². The number of hydrogen-bond donors (Lipinski definition) is 1. The number of hydrogen-bond acceptors (Lipinski definition) is 4. The Labute approximate surface area is 157 Å². The van der Waals surface area contributed by atoms with Gasteiger partial charge in [-0.25, -0.2) is 8.42 Å². The molecule has 0 aliphatic carbocycles. The summed E-state index contributed by atoms with van der Waals surface area (Å²) in [5, 5.41) is 0.807. The van der Waals surface area contributed by atoms with Crippen LogP contribution in [0.3, 0.4) is 0 Å². The van der Waals surface area contributed by atoms with Gasteiger partial charge in [0.1, 0.15) is 0 Å². The van der Waals surface area contributed by atoms with Gasteiger partial charge in [-0.1, -0.05) is 24.6 Å². The number of thiophene rings is 1. The molecule has 1 heterocycles. The maximum atomic E-state index is 13.1. The summed E-state index contributed by atoms with van der Waals surface area (Å²) in [7, 11) is -3.67. The van der Waals surface area contributed by atoms with Crippen molar-refractivity contribution in [1.29, 1.82) is 0 Å². The van der Waals surface area contributed by atoms with E-state index in [9.17, 15) is 13.2 Å². The number of amides is 1. The molecule has 0 bridgehead atoms. The third-order valence-corrected chi connectivity index (χ3v) is 7.04. The fourth-order valence-corrected chi connectivity index (χ4v) is 5.18. The zero-order valence-electron chi connectivity index (χ0n) is 14.6. The van der Waals surface area contributed by atoms with Gasteiger partial charge < -0.3 is 5.73 Å². The Morgan fingerprint density at radius 2 is 1.81 bits per heavy atom. The molecule has 0 fully saturated rings. The number of anilines is 1. The quantitative estimate of drug-likeness (QED) is 0.695. The number of sulfonamides is 1. The molecule has 0 aliphatic heterocycles. The number of fused-ring (bicyclic) bond motifs is 1. The third-order valence-electron chi connectivity index (χ3n) is 4.07. The Bertz CT molecular complexity index is 1050. The number of primary amides is 1. The summed E-state index contributed by atoms with van der Waals surface area (Å²) in [5.74, 6) is -0.481. The lowest BCUT2D eigenvalue weighted by molar-refractivity contribution is 0.100. The first-order valence-electron chi connectivity index (χ1n) is 8.25. The van der Waals surface area contributed by atoms with Crippen LogP contribution in [0.2, 0.25) is 0 Å². The molecule has 0 saturated carbocycles. The normalized spacial score (nSPS) is 11.6. The minimum atomic E-state index is -3.67. The average Bonchev–Trinajstić information content (AvgIpc) is 3.03. The predicted octanol–water partition coefficient (Wildman–Crippen LogP) is 3.91. The van der Waals surface area contributed by atoms with Crippen LogP contribution in [-0.2, 0) is 10.0 Å². The molecule has 3 rings (SSSR count). The molecule has 7 heteroatoms. The topological polar surface area (TPSA) is 80.5 Å². The highest BCUT2D eigenvalue weighted by Gasteiger charge is 2.24. The Morgan fingerprint density at radius 1 is 1.12 bits per heavy atom. The summed E-state index contributed by atoms with van der Waals surface area (Å²) in [4.78, 5) is 12.1. The van der Waals surface area contributed by atoms with E-state index in [4.69, 9.17) is 5.73 Å². The number of nitrogens with two attached hydrogens (primary N) is 1. The van der Waals surface area contributed by atoms with Gasteiger partial charge in [0, 0.05) is 11.2 Å². The Kier molecular flexibility index (Phi) is 5.02. The third kappa shape index (κ3) is 3.45. The second kappa shape index (κ2) is 7.09. The van der Waals surface area contributed by atoms with Crippen LogP contribution in [0.25, 0.3) is 10.1 Å². The monoisotopic (exact) mass is 388 g/mol. The molecule has 1 amide bonds. The van der Waals surface area contributed by atoms with Gasteiger partial charge in [-0.15, -0.1) is 11.3 Å². The lowest BCUT2D eigenvalue weighted by atomic mass is 10.2. The molecule has 0 atom stereocenters. The van der Waals surface area contributed by atoms with Gasteiger partial charge in [0.15, 0.2) is 0 Å². The average molecular weight is 389 g/mol. The zero-order valence-corrected chi connectivity index (χ0v) is 16.2. The number of rotatable bonds is 6. The second-order valence-electron chi connectivity index (χ2n) is 6.09. The fraction of sp³-hybridized carbons (Fsp3) is 0.211. The first-order chi connectivity index (χ1) is 12.3. The smallest absolute Gasteiger partial charge is 0.264 e. The molecule has 0 spiro atoms. The summed E-state index contributed by atoms with van der Waals surface area (Å²) in [6, 6.07) is 13.9. The summed E-state index contributed by atoms with van der Waals surface area (Å²) in [5.41, 5.74) is 6.93. The van der Waals surface area contributed by atoms with Crippen LogP contribution in [0.1, 0.15) is 28.6 Å². The summed E-state index contributed by atoms with van der Waals surface area (Å²) in [6.45, 7) is 4.22. The predicted molar refractivity (Wildman–Crippen MR) is 106 cm³/mol. The Hall–Kier alpha value is -2.38. The standard InChI is InChI=1S/C19H20N2O3S2/c1-3-10-21(26(23,24)16-7-4-13(2)5-8-16)15-6-9-17-14(11-15)12-18(25-17)19(20)22/h4-9,11-12H,3,10H2,1-2H3,(H2,20,22). The fourth-order valence-electron chi connectivity index (χ4n) is 2.74. The lowest BCUT2D eigenvalue weighted by Gasteiger charge is -2.24. The van der Waals surface area contributed by atoms with Gasteiger partial charge in [0.25, 0.3) is 15.9 Å². The van der Waals surface area contributed by atoms with Crippen LogP contribution < -0.4 is 10.0 Å². The molecular weight excluding hydrogens is 368 g/mol. The first-order valence-corrected chi connectivity index (χ1v) is 10.5. The molecule has 1 aromatic heterocycles. The molecule has 0 unspecified atom stereocenters. The summed E-state index contributed by atoms with van der Waals surface area (Å²) in [6.07, 6.45) is 0.680. The van der Waals surface area contributed by atoms with Crippen LogP contribution in [-0.4, -0.2) is 20.9 Å². The number of carbonyl (C=O) groups is 1. The van der Waals surface area contributed by atoms with Crippen LogP contribution in [0.4, 0.5) is 5.69 Å². The van der Waals surface area contributed by atoms with E-state index in [1.807, 2.05) is 19.9 Å². The van der Waals surface area contributed by atoms with Crippen molar-refractivity contribution in [1.82, 2.24) is 0 Å². The van der Waals surface area contributed by atoms with E-state index in [0.717, 1.165) is 15.6 Å². The molecule has 0 radical (unpaired) electrons. The van der Waals surface area contributed by atoms with Crippen molar-refractivity contribution in [3.05, 3.63) is 59.0 Å². The van der Waals surface area contributed by atoms with Crippen molar-refractivity contribution in [2.45, 2.75) is 25.2 Å². The maximum Gasteiger partial charge on any atom is 0.264 e. The summed E-state index contributed by atoms with van der Waals surface area (Å²) >= 11 is 1.30. The number of aryl methyl sites for hydroxylation is 1. The largest absolute Gasteiger partial charge is 0.365 e. The molecule has 136 valence electrons. The van der Waals surface area contributed by atoms with Gasteiger partial charge in [-0.2, -0.15) is 0 Å². The van der Waals surface area contributed by atoms with Gasteiger partial charge >= 0.3 is 0 Å². The van der Waals surface area contributed by atoms with E-state index in [0.29, 0.717) is 23.5 Å². The maximum absolute atomic E-state index is 13.1. The number of carbonyl (C=O) groups excluding carboxylic acids is 1. The van der Waals surface area contributed by atoms with Gasteiger partial charge in [-0.3, -0.25) is 9.10 Å². The highest BCUT2D eigenvalue weighted by molar-refractivity contribution is 7.92. The molecule has 2 N–H and O–H groups in total. The molecule has 0 aliphatic rings. The lowest BCUT2D eigenvalue weighted by Crippen LogP contribution is -2.31. The molecule has 5 nitrogen and oxygen atoms in total. The van der Waals surface area contributed by atoms with E-state index in [-0.39, 0.29) is 4.90 Å². The van der Waals surface area contributed by atoms with Crippen LogP contribution in [0.5, 0.6) is 0 Å². The summed E-state index contributed by atoms with van der Waals surface area (Å²) < 4.78 is 28.6. The second-order valence-corrected chi connectivity index (χ2v) is 9.03. The molecule has 0 saturated heterocycles. The van der Waals surface area contributed by atoms with Crippen LogP contribution in [0, 0.1) is 6.92 Å². The van der Waals surface area contributed by atoms with E-state index in [1.165, 1.54) is 15.6 Å². The van der Waals surface area contributed by atoms with Gasteiger partial charge in [-0.05, 0) is 55.1 Å². The molecule has 26 heavy (non-hydrogen) atoms. The molecule has 2 aromatic carbocycles. The van der Waals surface area contributed by atoms with Crippen molar-refractivity contribution in [2.24, 2.45) is 5.73 Å². The van der Waals surface area contributed by atoms with Crippen molar-refractivity contribution in [2.75, 3.05) is 10.8 Å². The first kappa shape index (κ1) is 18.4. The van der Waals surface area contributed by atoms with Crippen LogP contribution >= 0.6 is 11.3 Å². The minimum absolute atomic E-state index is 0.264. The highest BCUT2D eigenvalue weighted by Crippen LogP contribution is 2.31. The van der Waals surface area contributed by atoms with E-state index >= 15 is 0 Å². The SMILES string of the molecule is CCCN(c1ccc2sc(C(N)=O)cc2c1)S(=O)(=O)c1ccc(C)cc1. The van der Waals surface area contributed by atoms with Crippen molar-refractivity contribution in [3.63, 3.8) is 0 Å². The number of nitrogens with zero attached hydrogens (tertiary/aromatic N) is 1. The minimum Gasteiger partial charge on any atom is -0.365 e. The molecular formula is C19H20N2O3S2. The molecule has 3 aromatic rings. The zero-order chi connectivity index (χ0) is 18.9. The van der Waals surface area contributed by atoms with Crippen molar-refractivity contribution >= 4 is 43.0 Å². The Morgan fingerprint density at radius 3 is 2.42 bits per heavy atom.